The molecule has 0 saturated heterocycles. The van der Waals surface area contributed by atoms with E-state index in [9.17, 15) is 0 Å². The van der Waals surface area contributed by atoms with E-state index in [-0.39, 0.29) is 11.6 Å². The first-order valence-electron chi connectivity index (χ1n) is 2.73. The molecule has 5 heteroatoms. The molecule has 0 unspecified atom stereocenters. The van der Waals surface area contributed by atoms with Crippen molar-refractivity contribution in [1.29, 1.82) is 0 Å². The van der Waals surface area contributed by atoms with Gasteiger partial charge < -0.3 is 10.8 Å². The van der Waals surface area contributed by atoms with Gasteiger partial charge in [0.15, 0.2) is 11.6 Å². The summed E-state index contributed by atoms with van der Waals surface area (Å²) >= 11 is 5.58. The third-order valence-electron chi connectivity index (χ3n) is 1.16. The molecule has 1 rings (SSSR count). The quantitative estimate of drug-likeness (QED) is 0.385. The van der Waals surface area contributed by atoms with Gasteiger partial charge in [-0.3, -0.25) is 0 Å². The summed E-state index contributed by atoms with van der Waals surface area (Å²) in [5.41, 5.74) is 5.96. The first kappa shape index (κ1) is 7.21. The number of rotatable bonds is 0. The largest absolute Gasteiger partial charge is 0.504 e. The number of pyridine rings is 1. The summed E-state index contributed by atoms with van der Waals surface area (Å²) in [5, 5.41) is 9.31. The lowest BCUT2D eigenvalue weighted by molar-refractivity contribution is 0.476. The number of hydrogen-bond donors (Lipinski definition) is 2. The van der Waals surface area contributed by atoms with Crippen molar-refractivity contribution in [3.05, 3.63) is 11.2 Å². The van der Waals surface area contributed by atoms with E-state index < -0.39 is 0 Å². The number of anilines is 1. The maximum absolute atomic E-state index is 8.98. The Balaban J connectivity index is 3.28. The van der Waals surface area contributed by atoms with Gasteiger partial charge in [0.1, 0.15) is 13.0 Å². The van der Waals surface area contributed by atoms with Crippen LogP contribution in [0.1, 0.15) is 0 Å². The standard InChI is InChI=1S/C5H6BClN2O/c6-2-1-3(10)5(8)9-4(2)7/h1,10H,6H2,(H2,8,9). The number of aromatic nitrogens is 1. The highest BCUT2D eigenvalue weighted by atomic mass is 35.5. The molecular formula is C5H6BClN2O. The molecule has 0 saturated carbocycles. The molecule has 1 aromatic rings. The average molecular weight is 156 g/mol. The van der Waals surface area contributed by atoms with Gasteiger partial charge in [0, 0.05) is 0 Å². The summed E-state index contributed by atoms with van der Waals surface area (Å²) in [5.74, 6) is 0.0394. The zero-order valence-electron chi connectivity index (χ0n) is 5.43. The molecule has 1 heterocycles. The summed E-state index contributed by atoms with van der Waals surface area (Å²) in [4.78, 5) is 3.67. The maximum Gasteiger partial charge on any atom is 0.167 e. The van der Waals surface area contributed by atoms with E-state index in [4.69, 9.17) is 22.4 Å². The van der Waals surface area contributed by atoms with Crippen LogP contribution >= 0.6 is 11.6 Å². The number of hydrogen-bond acceptors (Lipinski definition) is 3. The number of nitrogen functional groups attached to an aromatic ring is 1. The Hall–Kier alpha value is -0.895. The minimum absolute atomic E-state index is 0.0260. The van der Waals surface area contributed by atoms with Crippen LogP contribution in [0.25, 0.3) is 0 Å². The molecule has 0 aliphatic carbocycles. The Kier molecular flexibility index (Phi) is 1.72. The van der Waals surface area contributed by atoms with Crippen LogP contribution in [0.3, 0.4) is 0 Å². The molecule has 0 radical (unpaired) electrons. The van der Waals surface area contributed by atoms with Gasteiger partial charge in [-0.1, -0.05) is 11.6 Å². The van der Waals surface area contributed by atoms with Gasteiger partial charge in [0.2, 0.25) is 0 Å². The van der Waals surface area contributed by atoms with Crippen molar-refractivity contribution in [3.63, 3.8) is 0 Å². The van der Waals surface area contributed by atoms with Gasteiger partial charge in [0.25, 0.3) is 0 Å². The molecule has 0 atom stereocenters. The monoisotopic (exact) mass is 156 g/mol. The summed E-state index contributed by atoms with van der Waals surface area (Å²) in [6, 6.07) is 1.48. The van der Waals surface area contributed by atoms with E-state index in [1.54, 1.807) is 7.85 Å². The Morgan fingerprint density at radius 3 is 2.80 bits per heavy atom. The van der Waals surface area contributed by atoms with Crippen molar-refractivity contribution in [3.8, 4) is 5.75 Å². The highest BCUT2D eigenvalue weighted by molar-refractivity contribution is 6.44. The van der Waals surface area contributed by atoms with Crippen LogP contribution in [-0.2, 0) is 0 Å². The number of aromatic hydroxyl groups is 1. The molecule has 1 aromatic heterocycles. The normalized spacial score (nSPS) is 9.70. The Bertz CT molecular complexity index is 216. The van der Waals surface area contributed by atoms with Crippen molar-refractivity contribution in [2.45, 2.75) is 0 Å². The molecule has 0 amide bonds. The van der Waals surface area contributed by atoms with Crippen molar-refractivity contribution >= 4 is 30.7 Å². The fourth-order valence-electron chi connectivity index (χ4n) is 0.590. The SMILES string of the molecule is Bc1cc(O)c(N)nc1Cl. The van der Waals surface area contributed by atoms with Crippen LogP contribution < -0.4 is 11.2 Å². The highest BCUT2D eigenvalue weighted by Gasteiger charge is 2.01. The van der Waals surface area contributed by atoms with Gasteiger partial charge in [0.05, 0.1) is 0 Å². The zero-order valence-corrected chi connectivity index (χ0v) is 6.18. The van der Waals surface area contributed by atoms with Crippen LogP contribution in [0.2, 0.25) is 5.15 Å². The molecule has 3 nitrogen and oxygen atoms in total. The smallest absolute Gasteiger partial charge is 0.167 e. The van der Waals surface area contributed by atoms with Gasteiger partial charge in [-0.15, -0.1) is 0 Å². The van der Waals surface area contributed by atoms with Crippen LogP contribution in [0.4, 0.5) is 5.82 Å². The average Bonchev–Trinajstić information content (AvgIpc) is 1.84. The Labute approximate surface area is 64.2 Å². The van der Waals surface area contributed by atoms with Crippen molar-refractivity contribution in [1.82, 2.24) is 4.98 Å². The summed E-state index contributed by atoms with van der Waals surface area (Å²) < 4.78 is 0. The number of nitrogens with zero attached hydrogens (tertiary/aromatic N) is 1. The molecular weight excluding hydrogens is 150 g/mol. The molecule has 0 aliphatic rings. The minimum atomic E-state index is -0.0260. The molecule has 0 fully saturated rings. The lowest BCUT2D eigenvalue weighted by Gasteiger charge is -2.00. The van der Waals surface area contributed by atoms with Gasteiger partial charge in [-0.25, -0.2) is 4.98 Å². The predicted molar refractivity (Wildman–Crippen MR) is 43.5 cm³/mol. The predicted octanol–water partition coefficient (Wildman–Crippen LogP) is -0.719. The zero-order chi connectivity index (χ0) is 7.72. The van der Waals surface area contributed by atoms with Crippen LogP contribution in [0.5, 0.6) is 5.75 Å². The fraction of sp³-hybridized carbons (Fsp3) is 0. The fourth-order valence-corrected chi connectivity index (χ4v) is 0.735. The molecule has 0 aliphatic heterocycles. The molecule has 0 aromatic carbocycles. The first-order valence-corrected chi connectivity index (χ1v) is 3.10. The first-order chi connectivity index (χ1) is 4.61. The topological polar surface area (TPSA) is 59.1 Å². The van der Waals surface area contributed by atoms with E-state index >= 15 is 0 Å². The van der Waals surface area contributed by atoms with E-state index in [0.29, 0.717) is 10.6 Å². The minimum Gasteiger partial charge on any atom is -0.504 e. The molecule has 52 valence electrons. The van der Waals surface area contributed by atoms with E-state index in [0.717, 1.165) is 0 Å². The van der Waals surface area contributed by atoms with Crippen molar-refractivity contribution < 1.29 is 5.11 Å². The van der Waals surface area contributed by atoms with Gasteiger partial charge in [-0.2, -0.15) is 0 Å². The molecule has 10 heavy (non-hydrogen) atoms. The van der Waals surface area contributed by atoms with Crippen LogP contribution in [0.15, 0.2) is 6.07 Å². The van der Waals surface area contributed by atoms with E-state index in [1.807, 2.05) is 0 Å². The molecule has 0 spiro atoms. The second kappa shape index (κ2) is 2.38. The van der Waals surface area contributed by atoms with Crippen molar-refractivity contribution in [2.75, 3.05) is 5.73 Å². The number of halogens is 1. The molecule has 3 N–H and O–H groups in total. The van der Waals surface area contributed by atoms with Crippen LogP contribution in [0, 0.1) is 0 Å². The van der Waals surface area contributed by atoms with Gasteiger partial charge in [-0.05, 0) is 11.5 Å². The third kappa shape index (κ3) is 1.16. The lowest BCUT2D eigenvalue weighted by Crippen LogP contribution is -2.07. The molecule has 0 bridgehead atoms. The number of nitrogens with two attached hydrogens (primary N) is 1. The van der Waals surface area contributed by atoms with Gasteiger partial charge >= 0.3 is 0 Å². The van der Waals surface area contributed by atoms with E-state index in [2.05, 4.69) is 4.98 Å². The lowest BCUT2D eigenvalue weighted by atomic mass is 9.99. The Morgan fingerprint density at radius 1 is 1.70 bits per heavy atom. The third-order valence-corrected chi connectivity index (χ3v) is 1.54. The summed E-state index contributed by atoms with van der Waals surface area (Å²) in [6.07, 6.45) is 0. The van der Waals surface area contributed by atoms with Crippen molar-refractivity contribution in [2.24, 2.45) is 0 Å². The maximum atomic E-state index is 8.98. The second-order valence-corrected chi connectivity index (χ2v) is 2.36. The Morgan fingerprint density at radius 2 is 2.30 bits per heavy atom. The second-order valence-electron chi connectivity index (χ2n) is 2.00. The van der Waals surface area contributed by atoms with E-state index in [1.165, 1.54) is 6.07 Å². The highest BCUT2D eigenvalue weighted by Crippen LogP contribution is 2.16. The summed E-state index contributed by atoms with van der Waals surface area (Å²) in [7, 11) is 1.74. The van der Waals surface area contributed by atoms with Crippen LogP contribution in [-0.4, -0.2) is 17.9 Å². The summed E-state index contributed by atoms with van der Waals surface area (Å²) in [6.45, 7) is 0.